The minimum Gasteiger partial charge on any atom is -0.391 e. The smallest absolute Gasteiger partial charge is 0.258 e. The van der Waals surface area contributed by atoms with E-state index in [1.807, 2.05) is 13.8 Å². The van der Waals surface area contributed by atoms with Gasteiger partial charge in [0.1, 0.15) is 0 Å². The highest BCUT2D eigenvalue weighted by atomic mass is 16.5. The molecule has 0 spiro atoms. The zero-order valence-electron chi connectivity index (χ0n) is 12.5. The molecule has 0 radical (unpaired) electrons. The molecule has 2 atom stereocenters. The molecule has 1 fully saturated rings. The molecule has 3 rings (SSSR count). The van der Waals surface area contributed by atoms with Crippen molar-refractivity contribution in [2.75, 3.05) is 13.1 Å². The van der Waals surface area contributed by atoms with Gasteiger partial charge >= 0.3 is 0 Å². The van der Waals surface area contributed by atoms with E-state index in [2.05, 4.69) is 10.1 Å². The SMILES string of the molecule is Cc1cc(C(=O)N2CCC(C)C(O)C2)c2c(C)noc2n1. The number of β-amino-alcohol motifs (C(OH)–C–C–N with tert-alkyl or cyclic N) is 1. The van der Waals surface area contributed by atoms with Gasteiger partial charge in [-0.05, 0) is 32.3 Å². The van der Waals surface area contributed by atoms with Crippen LogP contribution in [0.3, 0.4) is 0 Å². The fraction of sp³-hybridized carbons (Fsp3) is 0.533. The van der Waals surface area contributed by atoms with Crippen LogP contribution in [0, 0.1) is 19.8 Å². The van der Waals surface area contributed by atoms with Crippen molar-refractivity contribution in [3.05, 3.63) is 23.0 Å². The first-order valence-corrected chi connectivity index (χ1v) is 7.18. The third-order valence-corrected chi connectivity index (χ3v) is 4.18. The number of fused-ring (bicyclic) bond motifs is 1. The van der Waals surface area contributed by atoms with E-state index in [9.17, 15) is 9.90 Å². The van der Waals surface area contributed by atoms with Crippen LogP contribution < -0.4 is 0 Å². The number of aryl methyl sites for hydroxylation is 2. The second-order valence-electron chi connectivity index (χ2n) is 5.84. The lowest BCUT2D eigenvalue weighted by atomic mass is 9.95. The molecule has 1 N–H and O–H groups in total. The molecule has 2 aromatic rings. The van der Waals surface area contributed by atoms with Crippen LogP contribution in [0.4, 0.5) is 0 Å². The van der Waals surface area contributed by atoms with Gasteiger partial charge in [-0.2, -0.15) is 0 Å². The summed E-state index contributed by atoms with van der Waals surface area (Å²) in [6.45, 7) is 6.65. The number of rotatable bonds is 1. The molecule has 1 amide bonds. The number of aliphatic hydroxyl groups excluding tert-OH is 1. The quantitative estimate of drug-likeness (QED) is 0.864. The fourth-order valence-corrected chi connectivity index (χ4v) is 2.79. The Hall–Kier alpha value is -1.95. The van der Waals surface area contributed by atoms with Crippen LogP contribution in [0.1, 0.15) is 35.1 Å². The summed E-state index contributed by atoms with van der Waals surface area (Å²) in [6.07, 6.45) is 0.340. The number of nitrogens with zero attached hydrogens (tertiary/aromatic N) is 3. The van der Waals surface area contributed by atoms with Crippen molar-refractivity contribution >= 4 is 17.0 Å². The fourth-order valence-electron chi connectivity index (χ4n) is 2.79. The predicted octanol–water partition coefficient (Wildman–Crippen LogP) is 1.68. The van der Waals surface area contributed by atoms with Crippen molar-refractivity contribution in [2.45, 2.75) is 33.3 Å². The van der Waals surface area contributed by atoms with Crippen molar-refractivity contribution < 1.29 is 14.4 Å². The zero-order valence-corrected chi connectivity index (χ0v) is 12.5. The van der Waals surface area contributed by atoms with Gasteiger partial charge in [0.2, 0.25) is 0 Å². The lowest BCUT2D eigenvalue weighted by molar-refractivity contribution is 0.0249. The lowest BCUT2D eigenvalue weighted by Crippen LogP contribution is -2.45. The average Bonchev–Trinajstić information content (AvgIpc) is 2.81. The van der Waals surface area contributed by atoms with E-state index in [0.717, 1.165) is 6.42 Å². The van der Waals surface area contributed by atoms with Crippen molar-refractivity contribution in [3.63, 3.8) is 0 Å². The number of aliphatic hydroxyl groups is 1. The second kappa shape index (κ2) is 5.11. The minimum atomic E-state index is -0.468. The van der Waals surface area contributed by atoms with E-state index in [0.29, 0.717) is 41.1 Å². The molecule has 0 aliphatic carbocycles. The van der Waals surface area contributed by atoms with Crippen molar-refractivity contribution in [1.29, 1.82) is 0 Å². The van der Waals surface area contributed by atoms with Crippen LogP contribution in [0.5, 0.6) is 0 Å². The van der Waals surface area contributed by atoms with Gasteiger partial charge < -0.3 is 14.5 Å². The number of carbonyl (C=O) groups excluding carboxylic acids is 1. The Kier molecular flexibility index (Phi) is 3.41. The molecule has 6 heteroatoms. The summed E-state index contributed by atoms with van der Waals surface area (Å²) in [4.78, 5) is 18.7. The maximum absolute atomic E-state index is 12.8. The zero-order chi connectivity index (χ0) is 15.1. The molecule has 0 aromatic carbocycles. The van der Waals surface area contributed by atoms with Crippen LogP contribution in [0.25, 0.3) is 11.1 Å². The highest BCUT2D eigenvalue weighted by molar-refractivity contribution is 6.06. The monoisotopic (exact) mass is 289 g/mol. The molecule has 0 bridgehead atoms. The average molecular weight is 289 g/mol. The summed E-state index contributed by atoms with van der Waals surface area (Å²) in [7, 11) is 0. The molecule has 1 saturated heterocycles. The van der Waals surface area contributed by atoms with E-state index in [1.54, 1.807) is 17.9 Å². The largest absolute Gasteiger partial charge is 0.391 e. The molecule has 1 aliphatic heterocycles. The third-order valence-electron chi connectivity index (χ3n) is 4.18. The van der Waals surface area contributed by atoms with Gasteiger partial charge in [-0.1, -0.05) is 12.1 Å². The summed E-state index contributed by atoms with van der Waals surface area (Å²) in [5.41, 5.74) is 2.32. The summed E-state index contributed by atoms with van der Waals surface area (Å²) >= 11 is 0. The molecular formula is C15H19N3O3. The number of hydrogen-bond donors (Lipinski definition) is 1. The van der Waals surface area contributed by atoms with E-state index < -0.39 is 6.10 Å². The van der Waals surface area contributed by atoms with Crippen molar-refractivity contribution in [2.24, 2.45) is 5.92 Å². The Balaban J connectivity index is 2.00. The second-order valence-corrected chi connectivity index (χ2v) is 5.84. The number of aromatic nitrogens is 2. The van der Waals surface area contributed by atoms with Gasteiger partial charge in [-0.3, -0.25) is 4.79 Å². The van der Waals surface area contributed by atoms with Gasteiger partial charge in [0, 0.05) is 18.8 Å². The summed E-state index contributed by atoms with van der Waals surface area (Å²) in [5.74, 6) is 0.133. The van der Waals surface area contributed by atoms with Gasteiger partial charge in [-0.25, -0.2) is 4.98 Å². The minimum absolute atomic E-state index is 0.0947. The maximum Gasteiger partial charge on any atom is 0.258 e. The predicted molar refractivity (Wildman–Crippen MR) is 77.0 cm³/mol. The van der Waals surface area contributed by atoms with Crippen LogP contribution >= 0.6 is 0 Å². The van der Waals surface area contributed by atoms with Crippen LogP contribution in [-0.4, -0.2) is 45.2 Å². The maximum atomic E-state index is 12.8. The van der Waals surface area contributed by atoms with Crippen LogP contribution in [-0.2, 0) is 0 Å². The number of piperidine rings is 1. The van der Waals surface area contributed by atoms with Gasteiger partial charge in [0.05, 0.1) is 22.7 Å². The third kappa shape index (κ3) is 2.40. The van der Waals surface area contributed by atoms with E-state index >= 15 is 0 Å². The Morgan fingerprint density at radius 3 is 2.95 bits per heavy atom. The molecule has 2 unspecified atom stereocenters. The Morgan fingerprint density at radius 1 is 1.48 bits per heavy atom. The number of hydrogen-bond acceptors (Lipinski definition) is 5. The summed E-state index contributed by atoms with van der Waals surface area (Å²) < 4.78 is 5.16. The number of carbonyl (C=O) groups is 1. The number of pyridine rings is 1. The molecule has 21 heavy (non-hydrogen) atoms. The molecule has 3 heterocycles. The first-order valence-electron chi connectivity index (χ1n) is 7.18. The first kappa shape index (κ1) is 14.0. The van der Waals surface area contributed by atoms with E-state index in [-0.39, 0.29) is 11.8 Å². The Labute approximate surface area is 122 Å². The van der Waals surface area contributed by atoms with Gasteiger partial charge in [0.25, 0.3) is 11.6 Å². The van der Waals surface area contributed by atoms with Crippen molar-refractivity contribution in [1.82, 2.24) is 15.0 Å². The Bertz CT molecular complexity index is 695. The first-order chi connectivity index (χ1) is 9.97. The van der Waals surface area contributed by atoms with Gasteiger partial charge in [0.15, 0.2) is 0 Å². The number of amides is 1. The van der Waals surface area contributed by atoms with Crippen LogP contribution in [0.15, 0.2) is 10.6 Å². The molecule has 2 aromatic heterocycles. The van der Waals surface area contributed by atoms with Crippen LogP contribution in [0.2, 0.25) is 0 Å². The summed E-state index contributed by atoms with van der Waals surface area (Å²) in [6, 6.07) is 1.76. The van der Waals surface area contributed by atoms with E-state index in [4.69, 9.17) is 4.52 Å². The molecule has 0 saturated carbocycles. The molecule has 6 nitrogen and oxygen atoms in total. The van der Waals surface area contributed by atoms with E-state index in [1.165, 1.54) is 0 Å². The standard InChI is InChI=1S/C15H19N3O3/c1-8-4-5-18(7-12(8)19)15(20)11-6-9(2)16-14-13(11)10(3)17-21-14/h6,8,12,19H,4-5,7H2,1-3H3. The Morgan fingerprint density at radius 2 is 2.24 bits per heavy atom. The topological polar surface area (TPSA) is 79.5 Å². The summed E-state index contributed by atoms with van der Waals surface area (Å²) in [5, 5.41) is 14.5. The van der Waals surface area contributed by atoms with Gasteiger partial charge in [-0.15, -0.1) is 0 Å². The highest BCUT2D eigenvalue weighted by Gasteiger charge is 2.29. The molecule has 112 valence electrons. The molecule has 1 aliphatic rings. The number of likely N-dealkylation sites (tertiary alicyclic amines) is 1. The molecular weight excluding hydrogens is 270 g/mol. The lowest BCUT2D eigenvalue weighted by Gasteiger charge is -2.34. The highest BCUT2D eigenvalue weighted by Crippen LogP contribution is 2.25. The normalized spacial score (nSPS) is 22.8. The van der Waals surface area contributed by atoms with Crippen molar-refractivity contribution in [3.8, 4) is 0 Å².